The fraction of sp³-hybridized carbons (Fsp3) is 0.107. The Morgan fingerprint density at radius 2 is 0.983 bits per heavy atom. The highest BCUT2D eigenvalue weighted by atomic mass is 15.2. The molecule has 1 unspecified atom stereocenters. The van der Waals surface area contributed by atoms with Crippen molar-refractivity contribution in [2.45, 2.75) is 39.7 Å². The van der Waals surface area contributed by atoms with Gasteiger partial charge in [-0.1, -0.05) is 174 Å². The van der Waals surface area contributed by atoms with Gasteiger partial charge in [-0.3, -0.25) is 0 Å². The summed E-state index contributed by atoms with van der Waals surface area (Å²) in [5, 5.41) is 8.75. The van der Waals surface area contributed by atoms with Crippen molar-refractivity contribution in [3.05, 3.63) is 244 Å². The van der Waals surface area contributed by atoms with Gasteiger partial charge in [0.1, 0.15) is 5.54 Å². The molecule has 0 fully saturated rings. The molecule has 2 aliphatic carbocycles. The summed E-state index contributed by atoms with van der Waals surface area (Å²) >= 11 is 0. The Labute approximate surface area is 342 Å². The molecule has 2 heteroatoms. The summed E-state index contributed by atoms with van der Waals surface area (Å²) < 4.78 is 0. The largest absolute Gasteiger partial charge is 0.355 e. The SMILES string of the molecule is Cc1ccc(Nc2c3ccccc3c(C3=C4CC=CC=C4C(c4ccc(C)cc4)(N(c4ccc(C)cc4)c4ccc(C)cc4)c4ccccc43)c3ccccc23)cc1. The second-order valence-electron chi connectivity index (χ2n) is 16.0. The van der Waals surface area contributed by atoms with Crippen LogP contribution in [-0.2, 0) is 5.54 Å². The van der Waals surface area contributed by atoms with E-state index >= 15 is 0 Å². The van der Waals surface area contributed by atoms with E-state index in [4.69, 9.17) is 0 Å². The van der Waals surface area contributed by atoms with Gasteiger partial charge in [-0.2, -0.15) is 0 Å². The standard InChI is InChI=1S/C56H46N2/c1-37-21-29-41(30-22-37)56(58(43-33-25-39(3)26-34-43)44-35-27-40(4)28-36-44)51-19-11-9-17-49(51)54(50-18-10-12-20-52(50)56)53-45-13-5-7-15-47(45)55(48-16-8-6-14-46(48)53)57-42-31-23-38(2)24-32-42/h5-17,19-36,57H,18H2,1-4H3. The molecule has 1 atom stereocenters. The second-order valence-corrected chi connectivity index (χ2v) is 16.0. The third-order valence-electron chi connectivity index (χ3n) is 12.2. The maximum absolute atomic E-state index is 3.88. The zero-order valence-corrected chi connectivity index (χ0v) is 33.6. The summed E-state index contributed by atoms with van der Waals surface area (Å²) in [6.07, 6.45) is 7.83. The molecule has 0 heterocycles. The van der Waals surface area contributed by atoms with Gasteiger partial charge in [0.25, 0.3) is 0 Å². The molecule has 1 N–H and O–H groups in total. The molecular weight excluding hydrogens is 701 g/mol. The molecule has 10 rings (SSSR count). The zero-order valence-electron chi connectivity index (χ0n) is 33.6. The highest BCUT2D eigenvalue weighted by Gasteiger charge is 2.51. The first-order valence-corrected chi connectivity index (χ1v) is 20.4. The first kappa shape index (κ1) is 35.5. The zero-order chi connectivity index (χ0) is 39.4. The van der Waals surface area contributed by atoms with Crippen molar-refractivity contribution in [3.63, 3.8) is 0 Å². The summed E-state index contributed by atoms with van der Waals surface area (Å²) in [5.41, 5.74) is 17.7. The number of hydrogen-bond donors (Lipinski definition) is 1. The van der Waals surface area contributed by atoms with E-state index in [9.17, 15) is 0 Å². The molecule has 8 aromatic carbocycles. The number of benzene rings is 8. The van der Waals surface area contributed by atoms with E-state index in [0.29, 0.717) is 0 Å². The van der Waals surface area contributed by atoms with E-state index in [2.05, 4.69) is 226 Å². The first-order chi connectivity index (χ1) is 28.4. The number of fused-ring (bicyclic) bond motifs is 4. The molecule has 2 nitrogen and oxygen atoms in total. The van der Waals surface area contributed by atoms with Crippen LogP contribution in [0.5, 0.6) is 0 Å². The molecule has 0 saturated heterocycles. The van der Waals surface area contributed by atoms with Crippen molar-refractivity contribution in [1.82, 2.24) is 0 Å². The van der Waals surface area contributed by atoms with E-state index in [1.165, 1.54) is 82.8 Å². The van der Waals surface area contributed by atoms with Crippen molar-refractivity contribution in [1.29, 1.82) is 0 Å². The first-order valence-electron chi connectivity index (χ1n) is 20.4. The van der Waals surface area contributed by atoms with Crippen molar-refractivity contribution >= 4 is 49.9 Å². The van der Waals surface area contributed by atoms with Gasteiger partial charge < -0.3 is 10.2 Å². The van der Waals surface area contributed by atoms with Gasteiger partial charge in [-0.25, -0.2) is 0 Å². The Morgan fingerprint density at radius 3 is 1.55 bits per heavy atom. The van der Waals surface area contributed by atoms with Crippen LogP contribution in [-0.4, -0.2) is 0 Å². The number of nitrogens with one attached hydrogen (secondary N) is 1. The van der Waals surface area contributed by atoms with Crippen LogP contribution in [0, 0.1) is 27.7 Å². The molecule has 280 valence electrons. The van der Waals surface area contributed by atoms with Gasteiger partial charge >= 0.3 is 0 Å². The molecular formula is C56H46N2. The highest BCUT2D eigenvalue weighted by molar-refractivity contribution is 6.20. The Balaban J connectivity index is 1.34. The number of allylic oxidation sites excluding steroid dienone is 3. The maximum atomic E-state index is 3.88. The van der Waals surface area contributed by atoms with Crippen LogP contribution in [0.4, 0.5) is 22.7 Å². The van der Waals surface area contributed by atoms with Gasteiger partial charge in [0.05, 0.1) is 5.69 Å². The van der Waals surface area contributed by atoms with Gasteiger partial charge in [0, 0.05) is 27.8 Å². The molecule has 8 aromatic rings. The van der Waals surface area contributed by atoms with Gasteiger partial charge in [-0.15, -0.1) is 0 Å². The minimum atomic E-state index is -0.711. The predicted octanol–water partition coefficient (Wildman–Crippen LogP) is 14.8. The molecule has 0 saturated carbocycles. The Morgan fingerprint density at radius 1 is 0.500 bits per heavy atom. The number of nitrogens with zero attached hydrogens (tertiary/aromatic N) is 1. The van der Waals surface area contributed by atoms with Crippen molar-refractivity contribution in [2.24, 2.45) is 0 Å². The van der Waals surface area contributed by atoms with Crippen LogP contribution in [0.2, 0.25) is 0 Å². The van der Waals surface area contributed by atoms with Crippen LogP contribution in [0.25, 0.3) is 27.1 Å². The smallest absolute Gasteiger partial charge is 0.122 e. The van der Waals surface area contributed by atoms with E-state index in [-0.39, 0.29) is 0 Å². The quantitative estimate of drug-likeness (QED) is 0.163. The summed E-state index contributed by atoms with van der Waals surface area (Å²) in [4.78, 5) is 2.61. The highest BCUT2D eigenvalue weighted by Crippen LogP contribution is 2.59. The Hall–Kier alpha value is -6.90. The minimum absolute atomic E-state index is 0.711. The van der Waals surface area contributed by atoms with Crippen molar-refractivity contribution in [3.8, 4) is 0 Å². The lowest BCUT2D eigenvalue weighted by molar-refractivity contribution is 0.606. The van der Waals surface area contributed by atoms with E-state index in [1.54, 1.807) is 0 Å². The number of aryl methyl sites for hydroxylation is 4. The number of hydrogen-bond acceptors (Lipinski definition) is 2. The summed E-state index contributed by atoms with van der Waals surface area (Å²) in [5.74, 6) is 0. The third-order valence-corrected chi connectivity index (χ3v) is 12.2. The summed E-state index contributed by atoms with van der Waals surface area (Å²) in [7, 11) is 0. The van der Waals surface area contributed by atoms with Gasteiger partial charge in [0.15, 0.2) is 0 Å². The molecule has 0 aromatic heterocycles. The lowest BCUT2D eigenvalue weighted by atomic mass is 9.62. The fourth-order valence-electron chi connectivity index (χ4n) is 9.46. The predicted molar refractivity (Wildman–Crippen MR) is 247 cm³/mol. The lowest BCUT2D eigenvalue weighted by Crippen LogP contribution is -2.49. The van der Waals surface area contributed by atoms with E-state index < -0.39 is 5.54 Å². The second kappa shape index (κ2) is 14.2. The number of anilines is 4. The van der Waals surface area contributed by atoms with Crippen LogP contribution in [0.15, 0.2) is 199 Å². The van der Waals surface area contributed by atoms with Crippen molar-refractivity contribution < 1.29 is 0 Å². The van der Waals surface area contributed by atoms with Crippen molar-refractivity contribution in [2.75, 3.05) is 10.2 Å². The number of rotatable bonds is 7. The van der Waals surface area contributed by atoms with Crippen LogP contribution in [0.1, 0.15) is 50.9 Å². The fourth-order valence-corrected chi connectivity index (χ4v) is 9.46. The van der Waals surface area contributed by atoms with Crippen LogP contribution >= 0.6 is 0 Å². The monoisotopic (exact) mass is 746 g/mol. The summed E-state index contributed by atoms with van der Waals surface area (Å²) in [6, 6.07) is 63.3. The van der Waals surface area contributed by atoms with E-state index in [0.717, 1.165) is 29.2 Å². The molecule has 0 radical (unpaired) electrons. The van der Waals surface area contributed by atoms with Gasteiger partial charge in [0.2, 0.25) is 0 Å². The molecule has 0 aliphatic heterocycles. The molecule has 0 bridgehead atoms. The average Bonchev–Trinajstić information content (AvgIpc) is 3.26. The molecule has 2 aliphatic rings. The minimum Gasteiger partial charge on any atom is -0.355 e. The van der Waals surface area contributed by atoms with Gasteiger partial charge in [-0.05, 0) is 120 Å². The molecule has 0 amide bonds. The topological polar surface area (TPSA) is 15.3 Å². The normalized spacial score (nSPS) is 15.9. The third kappa shape index (κ3) is 5.71. The molecule has 58 heavy (non-hydrogen) atoms. The van der Waals surface area contributed by atoms with E-state index in [1.807, 2.05) is 0 Å². The Bertz CT molecular complexity index is 2840. The maximum Gasteiger partial charge on any atom is 0.122 e. The molecule has 0 spiro atoms. The van der Waals surface area contributed by atoms with Crippen LogP contribution in [0.3, 0.4) is 0 Å². The van der Waals surface area contributed by atoms with Crippen LogP contribution < -0.4 is 10.2 Å². The average molecular weight is 747 g/mol. The Kier molecular flexibility index (Phi) is 8.72. The lowest BCUT2D eigenvalue weighted by Gasteiger charge is -2.52. The summed E-state index contributed by atoms with van der Waals surface area (Å²) in [6.45, 7) is 8.66.